The Hall–Kier alpha value is -0.0275. The molecule has 1 nitrogen and oxygen atoms in total. The number of pyridine rings is 1. The zero-order chi connectivity index (χ0) is 9.07. The summed E-state index contributed by atoms with van der Waals surface area (Å²) in [5.41, 5.74) is 0. The van der Waals surface area contributed by atoms with Crippen molar-refractivity contribution < 1.29 is 0 Å². The first kappa shape index (κ1) is 12.0. The van der Waals surface area contributed by atoms with Crippen molar-refractivity contribution in [2.75, 3.05) is 0 Å². The summed E-state index contributed by atoms with van der Waals surface area (Å²) in [6.07, 6.45) is 6.11. The van der Waals surface area contributed by atoms with Crippen LogP contribution in [0.1, 0.15) is 19.8 Å². The first-order valence-corrected chi connectivity index (χ1v) is 6.75. The van der Waals surface area contributed by atoms with Crippen LogP contribution in [-0.4, -0.2) is 19.3 Å². The lowest BCUT2D eigenvalue weighted by Gasteiger charge is -1.82. The van der Waals surface area contributed by atoms with Crippen molar-refractivity contribution in [3.8, 4) is 0 Å². The molecular formula is C9H14AlClN. The average Bonchev–Trinajstić information content (AvgIpc) is 2.18. The fourth-order valence-electron chi connectivity index (χ4n) is 0.594. The Kier molecular flexibility index (Phi) is 10.9. The van der Waals surface area contributed by atoms with Crippen molar-refractivity contribution in [2.45, 2.75) is 25.0 Å². The molecule has 1 aromatic heterocycles. The van der Waals surface area contributed by atoms with E-state index in [2.05, 4.69) is 11.9 Å². The first-order chi connectivity index (χ1) is 5.91. The van der Waals surface area contributed by atoms with Crippen LogP contribution < -0.4 is 0 Å². The monoisotopic (exact) mass is 198 g/mol. The van der Waals surface area contributed by atoms with E-state index >= 15 is 0 Å². The zero-order valence-corrected chi connectivity index (χ0v) is 9.32. The molecule has 0 aromatic carbocycles. The second kappa shape index (κ2) is 11.0. The number of hydrogen-bond donors (Lipinski definition) is 0. The van der Waals surface area contributed by atoms with E-state index < -0.39 is 0 Å². The molecule has 0 aliphatic rings. The maximum Gasteiger partial charge on any atom is 0.355 e. The predicted molar refractivity (Wildman–Crippen MR) is 55.6 cm³/mol. The molecule has 12 heavy (non-hydrogen) atoms. The molecule has 0 saturated heterocycles. The number of nitrogens with zero attached hydrogens (tertiary/aromatic N) is 1. The summed E-state index contributed by atoms with van der Waals surface area (Å²) in [4.78, 5) is 3.78. The van der Waals surface area contributed by atoms with Gasteiger partial charge in [0.15, 0.2) is 0 Å². The molecule has 0 amide bonds. The molecule has 0 spiro atoms. The number of rotatable bonds is 3. The highest BCUT2D eigenvalue weighted by Gasteiger charge is 1.82. The fourth-order valence-corrected chi connectivity index (χ4v) is 1.62. The van der Waals surface area contributed by atoms with Gasteiger partial charge in [-0.05, 0) is 12.1 Å². The fraction of sp³-hybridized carbons (Fsp3) is 0.444. The lowest BCUT2D eigenvalue weighted by atomic mass is 10.4. The normalized spacial score (nSPS) is 8.17. The number of hydrogen-bond acceptors (Lipinski definition) is 1. The van der Waals surface area contributed by atoms with Gasteiger partial charge in [0.2, 0.25) is 0 Å². The number of aromatic nitrogens is 1. The zero-order valence-electron chi connectivity index (χ0n) is 7.41. The summed E-state index contributed by atoms with van der Waals surface area (Å²) in [6.45, 7) is 2.19. The third-order valence-corrected chi connectivity index (χ3v) is 2.51. The molecule has 0 unspecified atom stereocenters. The second-order valence-corrected chi connectivity index (χ2v) is 4.13. The highest BCUT2D eigenvalue weighted by molar-refractivity contribution is 6.93. The van der Waals surface area contributed by atoms with Gasteiger partial charge in [0.25, 0.3) is 0 Å². The maximum absolute atomic E-state index is 5.46. The summed E-state index contributed by atoms with van der Waals surface area (Å²) >= 11 is 0.256. The van der Waals surface area contributed by atoms with Crippen molar-refractivity contribution in [3.05, 3.63) is 30.6 Å². The van der Waals surface area contributed by atoms with E-state index in [4.69, 9.17) is 10.0 Å². The van der Waals surface area contributed by atoms with E-state index in [1.54, 1.807) is 12.4 Å². The molecule has 1 heterocycles. The molecule has 1 radical (unpaired) electrons. The Bertz CT molecular complexity index is 127. The van der Waals surface area contributed by atoms with E-state index in [-0.39, 0.29) is 14.3 Å². The van der Waals surface area contributed by atoms with Crippen LogP contribution in [0.5, 0.6) is 0 Å². The molecule has 0 aliphatic carbocycles. The highest BCUT2D eigenvalue weighted by atomic mass is 35.6. The van der Waals surface area contributed by atoms with Gasteiger partial charge in [-0.1, -0.05) is 31.1 Å². The predicted octanol–water partition coefficient (Wildman–Crippen LogP) is 3.14. The van der Waals surface area contributed by atoms with Crippen LogP contribution in [-0.2, 0) is 0 Å². The quantitative estimate of drug-likeness (QED) is 0.537. The summed E-state index contributed by atoms with van der Waals surface area (Å²) < 4.78 is 0. The Balaban J connectivity index is 0.000000202. The van der Waals surface area contributed by atoms with Crippen LogP contribution in [0.3, 0.4) is 0 Å². The summed E-state index contributed by atoms with van der Waals surface area (Å²) in [5.74, 6) is 0. The van der Waals surface area contributed by atoms with Crippen LogP contribution in [0.2, 0.25) is 5.28 Å². The van der Waals surface area contributed by atoms with Gasteiger partial charge in [-0.25, -0.2) is 0 Å². The smallest absolute Gasteiger partial charge is 0.276 e. The Labute approximate surface area is 85.1 Å². The van der Waals surface area contributed by atoms with E-state index in [0.29, 0.717) is 0 Å². The van der Waals surface area contributed by atoms with Gasteiger partial charge < -0.3 is 0 Å². The van der Waals surface area contributed by atoms with E-state index in [0.717, 1.165) is 0 Å². The van der Waals surface area contributed by atoms with E-state index in [1.807, 2.05) is 18.2 Å². The van der Waals surface area contributed by atoms with Gasteiger partial charge in [0, 0.05) is 12.4 Å². The standard InChI is InChI=1S/C5H5N.C4H9.Al.ClH/c1-2-4-6-5-3-1;1-3-4-2;;/h1-5H;1,3-4H2,2H3;;1H/q;;+1;/p-1. The van der Waals surface area contributed by atoms with Crippen molar-refractivity contribution in [2.24, 2.45) is 0 Å². The first-order valence-electron chi connectivity index (χ1n) is 4.18. The average molecular weight is 199 g/mol. The van der Waals surface area contributed by atoms with Crippen molar-refractivity contribution in [3.63, 3.8) is 0 Å². The largest absolute Gasteiger partial charge is 0.355 e. The molecule has 3 heteroatoms. The highest BCUT2D eigenvalue weighted by Crippen LogP contribution is 1.93. The lowest BCUT2D eigenvalue weighted by Crippen LogP contribution is -1.73. The second-order valence-electron chi connectivity index (χ2n) is 2.32. The van der Waals surface area contributed by atoms with Crippen molar-refractivity contribution in [1.82, 2.24) is 4.98 Å². The molecule has 0 atom stereocenters. The molecule has 0 N–H and O–H groups in total. The van der Waals surface area contributed by atoms with Crippen molar-refractivity contribution in [1.29, 1.82) is 0 Å². The SMILES string of the molecule is CCC[CH2][Al][Cl].c1ccncc1. The van der Waals surface area contributed by atoms with Crippen LogP contribution in [0.4, 0.5) is 0 Å². The third kappa shape index (κ3) is 9.97. The minimum atomic E-state index is 0.256. The minimum absolute atomic E-state index is 0.256. The van der Waals surface area contributed by atoms with Gasteiger partial charge in [0.05, 0.1) is 0 Å². The van der Waals surface area contributed by atoms with Crippen LogP contribution in [0.15, 0.2) is 30.6 Å². The van der Waals surface area contributed by atoms with Crippen LogP contribution >= 0.6 is 10.0 Å². The van der Waals surface area contributed by atoms with Gasteiger partial charge in [-0.2, -0.15) is 0 Å². The Morgan fingerprint density at radius 3 is 2.08 bits per heavy atom. The Morgan fingerprint density at radius 1 is 1.25 bits per heavy atom. The van der Waals surface area contributed by atoms with Gasteiger partial charge in [-0.15, -0.1) is 0 Å². The van der Waals surface area contributed by atoms with E-state index in [9.17, 15) is 0 Å². The molecule has 0 bridgehead atoms. The molecule has 0 saturated carbocycles. The van der Waals surface area contributed by atoms with Gasteiger partial charge in [-0.3, -0.25) is 15.0 Å². The molecule has 1 aromatic rings. The van der Waals surface area contributed by atoms with Crippen LogP contribution in [0.25, 0.3) is 0 Å². The van der Waals surface area contributed by atoms with Crippen LogP contribution in [0, 0.1) is 0 Å². The van der Waals surface area contributed by atoms with Gasteiger partial charge >= 0.3 is 14.3 Å². The summed E-state index contributed by atoms with van der Waals surface area (Å²) in [5, 5.41) is 1.26. The molecule has 0 fully saturated rings. The van der Waals surface area contributed by atoms with E-state index in [1.165, 1.54) is 18.1 Å². The Morgan fingerprint density at radius 2 is 1.92 bits per heavy atom. The third-order valence-electron chi connectivity index (χ3n) is 1.23. The molecular weight excluding hydrogens is 185 g/mol. The maximum atomic E-state index is 5.46. The summed E-state index contributed by atoms with van der Waals surface area (Å²) in [7, 11) is 5.46. The van der Waals surface area contributed by atoms with Crippen molar-refractivity contribution >= 4 is 24.3 Å². The topological polar surface area (TPSA) is 12.9 Å². The molecule has 1 rings (SSSR count). The summed E-state index contributed by atoms with van der Waals surface area (Å²) in [6, 6.07) is 5.72. The van der Waals surface area contributed by atoms with Gasteiger partial charge in [0.1, 0.15) is 0 Å². The number of unbranched alkanes of at least 4 members (excludes halogenated alkanes) is 1. The number of halogens is 1. The minimum Gasteiger partial charge on any atom is -0.276 e. The molecule has 65 valence electrons. The lowest BCUT2D eigenvalue weighted by molar-refractivity contribution is 0.882. The molecule has 0 aliphatic heterocycles.